The van der Waals surface area contributed by atoms with Gasteiger partial charge in [0.15, 0.2) is 0 Å². The molecular formula is C23H27N3O6. The summed E-state index contributed by atoms with van der Waals surface area (Å²) in [6, 6.07) is 6.32. The van der Waals surface area contributed by atoms with Gasteiger partial charge in [0.1, 0.15) is 18.1 Å². The molecule has 1 aromatic rings. The van der Waals surface area contributed by atoms with Gasteiger partial charge in [0, 0.05) is 11.3 Å². The van der Waals surface area contributed by atoms with Crippen LogP contribution in [0.2, 0.25) is 0 Å². The maximum Gasteiger partial charge on any atom is 0.310 e. The highest BCUT2D eigenvalue weighted by molar-refractivity contribution is 5.99. The Bertz CT molecular complexity index is 931. The Kier molecular flexibility index (Phi) is 6.55. The van der Waals surface area contributed by atoms with Crippen LogP contribution in [-0.2, 0) is 19.1 Å². The van der Waals surface area contributed by atoms with Gasteiger partial charge in [0.05, 0.1) is 6.42 Å². The van der Waals surface area contributed by atoms with Crippen molar-refractivity contribution in [2.24, 2.45) is 0 Å². The fourth-order valence-corrected chi connectivity index (χ4v) is 4.46. The van der Waals surface area contributed by atoms with Crippen molar-refractivity contribution in [2.45, 2.75) is 69.4 Å². The number of nitrogens with one attached hydrogen (secondary N) is 2. The minimum absolute atomic E-state index is 0.119. The first-order chi connectivity index (χ1) is 15.4. The second kappa shape index (κ2) is 9.52. The molecule has 1 aromatic carbocycles. The highest BCUT2D eigenvalue weighted by Gasteiger charge is 2.42. The molecule has 0 aromatic heterocycles. The van der Waals surface area contributed by atoms with Crippen LogP contribution in [0.1, 0.15) is 55.3 Å². The number of nitrogens with zero attached hydrogens (tertiary/aromatic N) is 1. The van der Waals surface area contributed by atoms with Gasteiger partial charge in [-0.25, -0.2) is 0 Å². The van der Waals surface area contributed by atoms with Gasteiger partial charge in [-0.2, -0.15) is 0 Å². The summed E-state index contributed by atoms with van der Waals surface area (Å²) in [7, 11) is 0. The van der Waals surface area contributed by atoms with E-state index in [1.807, 2.05) is 12.1 Å². The third-order valence-electron chi connectivity index (χ3n) is 6.10. The summed E-state index contributed by atoms with van der Waals surface area (Å²) in [6.45, 7) is 0. The highest BCUT2D eigenvalue weighted by Crippen LogP contribution is 2.30. The first-order valence-electron chi connectivity index (χ1n) is 11.0. The van der Waals surface area contributed by atoms with Crippen molar-refractivity contribution in [1.29, 1.82) is 0 Å². The van der Waals surface area contributed by atoms with E-state index in [1.54, 1.807) is 24.3 Å². The van der Waals surface area contributed by atoms with Crippen molar-refractivity contribution in [3.8, 4) is 0 Å². The van der Waals surface area contributed by atoms with Crippen molar-refractivity contribution in [1.82, 2.24) is 15.5 Å². The number of hydrogen-bond acceptors (Lipinski definition) is 6. The number of hydrogen-bond donors (Lipinski definition) is 3. The van der Waals surface area contributed by atoms with Gasteiger partial charge in [-0.3, -0.25) is 19.2 Å². The average molecular weight is 441 g/mol. The highest BCUT2D eigenvalue weighted by atomic mass is 16.6. The minimum Gasteiger partial charge on any atom is -0.434 e. The molecule has 3 amide bonds. The second-order valence-electron chi connectivity index (χ2n) is 8.33. The molecule has 1 unspecified atom stereocenters. The monoisotopic (exact) mass is 441 g/mol. The predicted molar refractivity (Wildman–Crippen MR) is 113 cm³/mol. The first-order valence-corrected chi connectivity index (χ1v) is 11.0. The Balaban J connectivity index is 1.52. The summed E-state index contributed by atoms with van der Waals surface area (Å²) in [5.41, 5.74) is 1.24. The maximum atomic E-state index is 13.5. The van der Waals surface area contributed by atoms with Gasteiger partial charge in [0.2, 0.25) is 18.1 Å². The van der Waals surface area contributed by atoms with Crippen molar-refractivity contribution >= 4 is 23.7 Å². The van der Waals surface area contributed by atoms with Crippen molar-refractivity contribution in [3.63, 3.8) is 0 Å². The van der Waals surface area contributed by atoms with Crippen LogP contribution in [-0.4, -0.2) is 58.1 Å². The van der Waals surface area contributed by atoms with Crippen LogP contribution in [0.15, 0.2) is 42.1 Å². The third-order valence-corrected chi connectivity index (χ3v) is 6.10. The number of allylic oxidation sites excluding steroid dienone is 2. The predicted octanol–water partition coefficient (Wildman–Crippen LogP) is 0.984. The molecule has 3 aliphatic rings. The number of piperidine rings is 1. The van der Waals surface area contributed by atoms with E-state index in [9.17, 15) is 24.3 Å². The zero-order valence-electron chi connectivity index (χ0n) is 17.7. The summed E-state index contributed by atoms with van der Waals surface area (Å²) in [5, 5.41) is 15.3. The molecule has 3 aliphatic heterocycles. The number of carbonyl (C=O) groups is 4. The lowest BCUT2D eigenvalue weighted by molar-refractivity contribution is -0.155. The molecule has 2 saturated heterocycles. The number of aliphatic hydroxyl groups excluding tert-OH is 1. The van der Waals surface area contributed by atoms with Crippen LogP contribution < -0.4 is 10.6 Å². The number of ether oxygens (including phenoxy) is 1. The van der Waals surface area contributed by atoms with Crippen molar-refractivity contribution in [2.75, 3.05) is 0 Å². The molecule has 0 radical (unpaired) electrons. The smallest absolute Gasteiger partial charge is 0.310 e. The lowest BCUT2D eigenvalue weighted by Crippen LogP contribution is -2.58. The number of esters is 1. The number of aliphatic hydroxyl groups is 1. The Morgan fingerprint density at radius 2 is 1.84 bits per heavy atom. The molecule has 4 atom stereocenters. The quantitative estimate of drug-likeness (QED) is 0.599. The zero-order chi connectivity index (χ0) is 22.7. The second-order valence-corrected chi connectivity index (χ2v) is 8.33. The van der Waals surface area contributed by atoms with E-state index in [1.165, 1.54) is 4.90 Å². The summed E-state index contributed by atoms with van der Waals surface area (Å²) < 4.78 is 4.69. The Morgan fingerprint density at radius 1 is 1.06 bits per heavy atom. The van der Waals surface area contributed by atoms with Crippen LogP contribution >= 0.6 is 0 Å². The maximum absolute atomic E-state index is 13.5. The first kappa shape index (κ1) is 22.0. The van der Waals surface area contributed by atoms with E-state index in [0.29, 0.717) is 24.8 Å². The van der Waals surface area contributed by atoms with E-state index >= 15 is 0 Å². The van der Waals surface area contributed by atoms with Gasteiger partial charge in [-0.05, 0) is 50.7 Å². The zero-order valence-corrected chi connectivity index (χ0v) is 17.7. The summed E-state index contributed by atoms with van der Waals surface area (Å²) in [5.74, 6) is -1.68. The lowest BCUT2D eigenvalue weighted by atomic mass is 9.93. The van der Waals surface area contributed by atoms with Crippen LogP contribution in [0.25, 0.3) is 0 Å². The molecule has 9 heteroatoms. The van der Waals surface area contributed by atoms with Crippen LogP contribution in [0.5, 0.6) is 0 Å². The van der Waals surface area contributed by atoms with Gasteiger partial charge in [0.25, 0.3) is 5.91 Å². The van der Waals surface area contributed by atoms with Gasteiger partial charge < -0.3 is 25.4 Å². The molecule has 4 rings (SSSR count). The molecule has 2 fully saturated rings. The molecule has 0 saturated carbocycles. The SMILES string of the molecule is O=C1C[C@H](NC(=O)[C@@H]2CCC/C3=C/CCC[C@H](NC(=O)c4ccccc4)C(=O)N32)C(O)O1. The third kappa shape index (κ3) is 4.67. The van der Waals surface area contributed by atoms with Gasteiger partial charge >= 0.3 is 5.97 Å². The fourth-order valence-electron chi connectivity index (χ4n) is 4.46. The number of cyclic esters (lactones) is 1. The van der Waals surface area contributed by atoms with Crippen LogP contribution in [0, 0.1) is 0 Å². The van der Waals surface area contributed by atoms with Gasteiger partial charge in [-0.1, -0.05) is 24.3 Å². The number of rotatable bonds is 4. The van der Waals surface area contributed by atoms with Gasteiger partial charge in [-0.15, -0.1) is 0 Å². The van der Waals surface area contributed by atoms with E-state index < -0.39 is 36.3 Å². The molecule has 32 heavy (non-hydrogen) atoms. The van der Waals surface area contributed by atoms with Crippen molar-refractivity contribution < 1.29 is 29.0 Å². The molecule has 3 heterocycles. The fraction of sp³-hybridized carbons (Fsp3) is 0.478. The Hall–Kier alpha value is -3.20. The number of fused-ring (bicyclic) bond motifs is 1. The summed E-state index contributed by atoms with van der Waals surface area (Å²) >= 11 is 0. The molecule has 9 nitrogen and oxygen atoms in total. The topological polar surface area (TPSA) is 125 Å². The standard InChI is InChI=1S/C23H27N3O6/c27-19-13-17(23(31)32-19)25-21(29)18-12-6-10-15-9-4-5-11-16(22(30)26(15)18)24-20(28)14-7-2-1-3-8-14/h1-3,7-9,16-18,23,31H,4-6,10-13H2,(H,24,28)(H,25,29)/b15-9-/t16-,17-,18-,23?/m0/s1. The molecule has 0 spiro atoms. The number of carbonyl (C=O) groups excluding carboxylic acids is 4. The Labute approximate surface area is 185 Å². The number of amides is 3. The summed E-state index contributed by atoms with van der Waals surface area (Å²) in [4.78, 5) is 52.2. The summed E-state index contributed by atoms with van der Waals surface area (Å²) in [6.07, 6.45) is 4.28. The molecule has 3 N–H and O–H groups in total. The van der Waals surface area contributed by atoms with E-state index in [-0.39, 0.29) is 18.2 Å². The molecule has 170 valence electrons. The number of benzene rings is 1. The largest absolute Gasteiger partial charge is 0.434 e. The minimum atomic E-state index is -1.40. The molecule has 0 bridgehead atoms. The lowest BCUT2D eigenvalue weighted by Gasteiger charge is -2.40. The normalized spacial score (nSPS) is 29.7. The Morgan fingerprint density at radius 3 is 2.56 bits per heavy atom. The van der Waals surface area contributed by atoms with Crippen molar-refractivity contribution in [3.05, 3.63) is 47.7 Å². The van der Waals surface area contributed by atoms with Crippen LogP contribution in [0.4, 0.5) is 0 Å². The van der Waals surface area contributed by atoms with Crippen LogP contribution in [0.3, 0.4) is 0 Å². The average Bonchev–Trinajstić information content (AvgIpc) is 3.10. The van der Waals surface area contributed by atoms with E-state index in [0.717, 1.165) is 25.0 Å². The van der Waals surface area contributed by atoms with E-state index in [4.69, 9.17) is 4.74 Å². The molecule has 0 aliphatic carbocycles. The molecular weight excluding hydrogens is 414 g/mol. The van der Waals surface area contributed by atoms with E-state index in [2.05, 4.69) is 10.6 Å².